The van der Waals surface area contributed by atoms with E-state index >= 15 is 0 Å². The van der Waals surface area contributed by atoms with Crippen LogP contribution in [0, 0.1) is 11.3 Å². The van der Waals surface area contributed by atoms with E-state index in [9.17, 15) is 4.79 Å². The fourth-order valence-corrected chi connectivity index (χ4v) is 1.58. The lowest BCUT2D eigenvalue weighted by Crippen LogP contribution is -2.03. The van der Waals surface area contributed by atoms with Gasteiger partial charge in [0.2, 0.25) is 0 Å². The van der Waals surface area contributed by atoms with E-state index in [2.05, 4.69) is 10.5 Å². The molecule has 1 heterocycles. The summed E-state index contributed by atoms with van der Waals surface area (Å²) in [5, 5.41) is 15.8. The Morgan fingerprint density at radius 3 is 2.83 bits per heavy atom. The zero-order valence-corrected chi connectivity index (χ0v) is 9.59. The molecule has 0 saturated carbocycles. The van der Waals surface area contributed by atoms with Crippen molar-refractivity contribution in [2.45, 2.75) is 6.42 Å². The maximum atomic E-state index is 10.3. The molecule has 0 aliphatic heterocycles. The Kier molecular flexibility index (Phi) is 3.72. The largest absolute Gasteiger partial charge is 0.379 e. The van der Waals surface area contributed by atoms with Crippen LogP contribution >= 0.6 is 0 Å². The summed E-state index contributed by atoms with van der Waals surface area (Å²) in [6.45, 7) is 0.444. The highest BCUT2D eigenvalue weighted by Gasteiger charge is 2.16. The fourth-order valence-electron chi connectivity index (χ4n) is 1.58. The van der Waals surface area contributed by atoms with Gasteiger partial charge < -0.3 is 14.6 Å². The predicted molar refractivity (Wildman–Crippen MR) is 65.8 cm³/mol. The molecule has 0 spiro atoms. The molecule has 0 aliphatic rings. The number of hydrogen-bond acceptors (Lipinski definition) is 5. The number of nitrogens with one attached hydrogen (secondary N) is 1. The SMILES string of the molecule is N#Cc1onc(-c2ccccc2)c1NCCC=O. The standard InChI is InChI=1S/C13H11N3O2/c14-9-11-13(15-7-4-8-17)12(16-18-11)10-5-2-1-3-6-10/h1-3,5-6,8,15H,4,7H2. The lowest BCUT2D eigenvalue weighted by atomic mass is 10.1. The average Bonchev–Trinajstić information content (AvgIpc) is 2.83. The molecule has 1 aromatic carbocycles. The van der Waals surface area contributed by atoms with Crippen molar-refractivity contribution in [1.82, 2.24) is 5.16 Å². The molecule has 0 amide bonds. The Morgan fingerprint density at radius 1 is 1.39 bits per heavy atom. The van der Waals surface area contributed by atoms with Crippen molar-refractivity contribution < 1.29 is 9.32 Å². The van der Waals surface area contributed by atoms with Crippen LogP contribution in [-0.4, -0.2) is 18.0 Å². The first-order chi connectivity index (χ1) is 8.86. The number of nitrogens with zero attached hydrogens (tertiary/aromatic N) is 2. The highest BCUT2D eigenvalue weighted by Crippen LogP contribution is 2.29. The number of aromatic nitrogens is 1. The van der Waals surface area contributed by atoms with Gasteiger partial charge >= 0.3 is 0 Å². The molecule has 90 valence electrons. The molecule has 0 atom stereocenters. The quantitative estimate of drug-likeness (QED) is 0.641. The Morgan fingerprint density at radius 2 is 2.17 bits per heavy atom. The molecule has 0 unspecified atom stereocenters. The van der Waals surface area contributed by atoms with Gasteiger partial charge in [0.05, 0.1) is 0 Å². The highest BCUT2D eigenvalue weighted by molar-refractivity contribution is 5.77. The second-order valence-corrected chi connectivity index (χ2v) is 3.60. The zero-order valence-electron chi connectivity index (χ0n) is 9.59. The molecule has 1 N–H and O–H groups in total. The smallest absolute Gasteiger partial charge is 0.259 e. The van der Waals surface area contributed by atoms with Crippen molar-refractivity contribution in [3.8, 4) is 17.3 Å². The predicted octanol–water partition coefficient (Wildman–Crippen LogP) is 2.21. The van der Waals surface area contributed by atoms with Crippen molar-refractivity contribution in [3.63, 3.8) is 0 Å². The third kappa shape index (κ3) is 2.38. The minimum Gasteiger partial charge on any atom is -0.379 e. The lowest BCUT2D eigenvalue weighted by molar-refractivity contribution is -0.107. The summed E-state index contributed by atoms with van der Waals surface area (Å²) in [7, 11) is 0. The molecule has 2 rings (SSSR count). The zero-order chi connectivity index (χ0) is 12.8. The van der Waals surface area contributed by atoms with Crippen LogP contribution in [0.25, 0.3) is 11.3 Å². The average molecular weight is 241 g/mol. The van der Waals surface area contributed by atoms with E-state index in [1.807, 2.05) is 36.4 Å². The molecule has 18 heavy (non-hydrogen) atoms. The van der Waals surface area contributed by atoms with E-state index in [4.69, 9.17) is 9.78 Å². The van der Waals surface area contributed by atoms with Crippen molar-refractivity contribution in [3.05, 3.63) is 36.1 Å². The topological polar surface area (TPSA) is 78.9 Å². The Hall–Kier alpha value is -2.61. The number of hydrogen-bond donors (Lipinski definition) is 1. The van der Waals surface area contributed by atoms with E-state index in [-0.39, 0.29) is 5.76 Å². The normalized spacial score (nSPS) is 9.72. The summed E-state index contributed by atoms with van der Waals surface area (Å²) in [6, 6.07) is 11.3. The maximum Gasteiger partial charge on any atom is 0.259 e. The minimum absolute atomic E-state index is 0.125. The van der Waals surface area contributed by atoms with Crippen molar-refractivity contribution in [2.75, 3.05) is 11.9 Å². The van der Waals surface area contributed by atoms with E-state index in [0.29, 0.717) is 24.3 Å². The summed E-state index contributed by atoms with van der Waals surface area (Å²) < 4.78 is 4.97. The molecule has 0 bridgehead atoms. The Labute approximate surface area is 104 Å². The molecule has 0 fully saturated rings. The van der Waals surface area contributed by atoms with Crippen molar-refractivity contribution in [2.24, 2.45) is 0 Å². The molecule has 5 nitrogen and oxygen atoms in total. The molecule has 0 radical (unpaired) electrons. The Bertz CT molecular complexity index is 570. The molecular weight excluding hydrogens is 230 g/mol. The van der Waals surface area contributed by atoms with Gasteiger partial charge in [0.25, 0.3) is 5.76 Å². The molecule has 1 aromatic heterocycles. The molecule has 2 aromatic rings. The van der Waals surface area contributed by atoms with Gasteiger partial charge in [-0.05, 0) is 0 Å². The second-order valence-electron chi connectivity index (χ2n) is 3.60. The van der Waals surface area contributed by atoms with Gasteiger partial charge in [0, 0.05) is 18.5 Å². The van der Waals surface area contributed by atoms with Gasteiger partial charge in [-0.15, -0.1) is 0 Å². The number of carbonyl (C=O) groups is 1. The number of anilines is 1. The number of nitriles is 1. The lowest BCUT2D eigenvalue weighted by Gasteiger charge is -2.03. The van der Waals surface area contributed by atoms with Crippen LogP contribution in [-0.2, 0) is 4.79 Å². The van der Waals surface area contributed by atoms with Gasteiger partial charge in [0.15, 0.2) is 0 Å². The van der Waals surface area contributed by atoms with Crippen LogP contribution < -0.4 is 5.32 Å². The first kappa shape index (κ1) is 11.9. The summed E-state index contributed by atoms with van der Waals surface area (Å²) in [5.41, 5.74) is 1.97. The first-order valence-corrected chi connectivity index (χ1v) is 5.49. The van der Waals surface area contributed by atoms with Crippen LogP contribution in [0.4, 0.5) is 5.69 Å². The van der Waals surface area contributed by atoms with Crippen molar-refractivity contribution in [1.29, 1.82) is 5.26 Å². The number of aldehydes is 1. The van der Waals surface area contributed by atoms with Gasteiger partial charge in [-0.3, -0.25) is 0 Å². The van der Waals surface area contributed by atoms with Crippen LogP contribution in [0.1, 0.15) is 12.2 Å². The summed E-state index contributed by atoms with van der Waals surface area (Å²) in [4.78, 5) is 10.3. The summed E-state index contributed by atoms with van der Waals surface area (Å²) >= 11 is 0. The molecular formula is C13H11N3O2. The summed E-state index contributed by atoms with van der Waals surface area (Å²) in [5.74, 6) is 0.125. The van der Waals surface area contributed by atoms with E-state index < -0.39 is 0 Å². The highest BCUT2D eigenvalue weighted by atomic mass is 16.5. The Balaban J connectivity index is 2.33. The second kappa shape index (κ2) is 5.64. The van der Waals surface area contributed by atoms with Crippen LogP contribution in [0.2, 0.25) is 0 Å². The third-order valence-corrected chi connectivity index (χ3v) is 2.40. The summed E-state index contributed by atoms with van der Waals surface area (Å²) in [6.07, 6.45) is 1.18. The first-order valence-electron chi connectivity index (χ1n) is 5.49. The third-order valence-electron chi connectivity index (χ3n) is 2.40. The van der Waals surface area contributed by atoms with Crippen LogP contribution in [0.15, 0.2) is 34.9 Å². The minimum atomic E-state index is 0.125. The van der Waals surface area contributed by atoms with E-state index in [1.165, 1.54) is 0 Å². The fraction of sp³-hybridized carbons (Fsp3) is 0.154. The number of carbonyl (C=O) groups excluding carboxylic acids is 1. The number of rotatable bonds is 5. The van der Waals surface area contributed by atoms with Crippen molar-refractivity contribution >= 4 is 12.0 Å². The molecule has 0 aliphatic carbocycles. The van der Waals surface area contributed by atoms with Crippen LogP contribution in [0.5, 0.6) is 0 Å². The van der Waals surface area contributed by atoms with E-state index in [0.717, 1.165) is 11.8 Å². The van der Waals surface area contributed by atoms with Crippen LogP contribution in [0.3, 0.4) is 0 Å². The van der Waals surface area contributed by atoms with Gasteiger partial charge in [-0.25, -0.2) is 0 Å². The van der Waals surface area contributed by atoms with E-state index in [1.54, 1.807) is 0 Å². The molecule has 0 saturated heterocycles. The molecule has 5 heteroatoms. The van der Waals surface area contributed by atoms with Gasteiger partial charge in [-0.1, -0.05) is 35.5 Å². The maximum absolute atomic E-state index is 10.3. The van der Waals surface area contributed by atoms with Gasteiger partial charge in [-0.2, -0.15) is 5.26 Å². The van der Waals surface area contributed by atoms with Gasteiger partial charge in [0.1, 0.15) is 23.7 Å². The monoisotopic (exact) mass is 241 g/mol. The number of benzene rings is 1.